The van der Waals surface area contributed by atoms with Crippen LogP contribution in [-0.4, -0.2) is 29.3 Å². The van der Waals surface area contributed by atoms with Gasteiger partial charge in [0.2, 0.25) is 0 Å². The van der Waals surface area contributed by atoms with Crippen LogP contribution >= 0.6 is 0 Å². The molecule has 4 heteroatoms. The average molecular weight is 291 g/mol. The highest BCUT2D eigenvalue weighted by molar-refractivity contribution is 5.81. The lowest BCUT2D eigenvalue weighted by Crippen LogP contribution is -2.55. The molecule has 1 fully saturated rings. The first kappa shape index (κ1) is 15.8. The van der Waals surface area contributed by atoms with Gasteiger partial charge < -0.3 is 15.2 Å². The molecular weight excluding hydrogens is 266 g/mol. The summed E-state index contributed by atoms with van der Waals surface area (Å²) in [5.74, 6) is 0.534. The summed E-state index contributed by atoms with van der Waals surface area (Å²) in [5.41, 5.74) is 0.638. The van der Waals surface area contributed by atoms with Gasteiger partial charge in [-0.05, 0) is 44.4 Å². The monoisotopic (exact) mass is 291 g/mol. The molecule has 0 radical (unpaired) electrons. The van der Waals surface area contributed by atoms with Crippen LogP contribution in [0.25, 0.3) is 0 Å². The number of hydrogen-bond donors (Lipinski definition) is 2. The quantitative estimate of drug-likeness (QED) is 0.876. The molecule has 1 aromatic carbocycles. The van der Waals surface area contributed by atoms with Gasteiger partial charge in [0.05, 0.1) is 12.1 Å². The van der Waals surface area contributed by atoms with Crippen molar-refractivity contribution in [3.05, 3.63) is 29.8 Å². The van der Waals surface area contributed by atoms with Gasteiger partial charge in [0.1, 0.15) is 5.75 Å². The van der Waals surface area contributed by atoms with Crippen molar-refractivity contribution < 1.29 is 14.6 Å². The normalized spacial score (nSPS) is 18.8. The first-order chi connectivity index (χ1) is 10.0. The molecule has 2 rings (SSSR count). The fraction of sp³-hybridized carbons (Fsp3) is 0.588. The zero-order valence-electron chi connectivity index (χ0n) is 12.9. The number of benzene rings is 1. The molecule has 0 bridgehead atoms. The molecule has 0 aliphatic heterocycles. The minimum Gasteiger partial charge on any atom is -0.481 e. The zero-order chi connectivity index (χ0) is 15.3. The zero-order valence-corrected chi connectivity index (χ0v) is 12.9. The fourth-order valence-corrected chi connectivity index (χ4v) is 2.86. The van der Waals surface area contributed by atoms with Crippen LogP contribution in [-0.2, 0) is 4.79 Å². The van der Waals surface area contributed by atoms with Crippen LogP contribution < -0.4 is 10.1 Å². The Balaban J connectivity index is 1.95. The van der Waals surface area contributed by atoms with Crippen molar-refractivity contribution in [2.75, 3.05) is 6.61 Å². The van der Waals surface area contributed by atoms with Gasteiger partial charge in [0.15, 0.2) is 6.10 Å². The predicted octanol–water partition coefficient (Wildman–Crippen LogP) is 2.57. The number of aliphatic hydroxyl groups excluding tert-OH is 1. The molecule has 1 unspecified atom stereocenters. The van der Waals surface area contributed by atoms with Crippen LogP contribution in [0.15, 0.2) is 24.3 Å². The first-order valence-electron chi connectivity index (χ1n) is 7.71. The summed E-state index contributed by atoms with van der Waals surface area (Å²) in [5, 5.41) is 12.6. The second-order valence-electron chi connectivity index (χ2n) is 6.06. The Bertz CT molecular complexity index is 481. The van der Waals surface area contributed by atoms with E-state index in [1.807, 2.05) is 31.2 Å². The fourth-order valence-electron chi connectivity index (χ4n) is 2.86. The van der Waals surface area contributed by atoms with Crippen molar-refractivity contribution >= 4 is 5.91 Å². The van der Waals surface area contributed by atoms with Crippen LogP contribution in [0.3, 0.4) is 0 Å². The number of aliphatic hydroxyl groups is 1. The topological polar surface area (TPSA) is 58.6 Å². The number of amides is 1. The molecule has 21 heavy (non-hydrogen) atoms. The maximum atomic E-state index is 12.3. The number of hydrogen-bond acceptors (Lipinski definition) is 3. The lowest BCUT2D eigenvalue weighted by molar-refractivity contribution is -0.130. The van der Waals surface area contributed by atoms with E-state index in [-0.39, 0.29) is 12.5 Å². The lowest BCUT2D eigenvalue weighted by Gasteiger charge is -2.37. The number of nitrogens with one attached hydrogen (secondary N) is 1. The van der Waals surface area contributed by atoms with E-state index in [4.69, 9.17) is 4.74 Å². The third-order valence-electron chi connectivity index (χ3n) is 4.17. The molecular formula is C17H25NO3. The molecule has 0 spiro atoms. The van der Waals surface area contributed by atoms with Gasteiger partial charge in [-0.1, -0.05) is 31.4 Å². The largest absolute Gasteiger partial charge is 0.481 e. The van der Waals surface area contributed by atoms with E-state index in [9.17, 15) is 9.90 Å². The van der Waals surface area contributed by atoms with Crippen molar-refractivity contribution in [1.29, 1.82) is 0 Å². The lowest BCUT2D eigenvalue weighted by atomic mass is 9.82. The van der Waals surface area contributed by atoms with E-state index in [0.29, 0.717) is 5.75 Å². The Labute approximate surface area is 126 Å². The van der Waals surface area contributed by atoms with Crippen molar-refractivity contribution in [2.24, 2.45) is 0 Å². The molecule has 1 atom stereocenters. The second-order valence-corrected chi connectivity index (χ2v) is 6.06. The van der Waals surface area contributed by atoms with Crippen molar-refractivity contribution in [2.45, 2.75) is 57.6 Å². The minimum absolute atomic E-state index is 0.00406. The molecule has 1 aromatic rings. The second kappa shape index (κ2) is 6.94. The maximum Gasteiger partial charge on any atom is 0.261 e. The van der Waals surface area contributed by atoms with Crippen molar-refractivity contribution in [1.82, 2.24) is 5.32 Å². The van der Waals surface area contributed by atoms with E-state index in [1.54, 1.807) is 6.92 Å². The van der Waals surface area contributed by atoms with E-state index < -0.39 is 11.6 Å². The minimum atomic E-state index is -0.572. The Hall–Kier alpha value is -1.55. The SMILES string of the molecule is Cc1cccc(OC(C)C(=O)NC2(CO)CCCCC2)c1. The highest BCUT2D eigenvalue weighted by Gasteiger charge is 2.34. The Morgan fingerprint density at radius 3 is 2.71 bits per heavy atom. The van der Waals surface area contributed by atoms with Gasteiger partial charge in [-0.2, -0.15) is 0 Å². The molecule has 2 N–H and O–H groups in total. The summed E-state index contributed by atoms with van der Waals surface area (Å²) < 4.78 is 5.69. The summed E-state index contributed by atoms with van der Waals surface area (Å²) in [6.07, 6.45) is 4.38. The molecule has 1 aliphatic rings. The number of rotatable bonds is 5. The van der Waals surface area contributed by atoms with E-state index in [2.05, 4.69) is 5.32 Å². The van der Waals surface area contributed by atoms with Crippen LogP contribution in [0.4, 0.5) is 0 Å². The number of carbonyl (C=O) groups is 1. The molecule has 1 saturated carbocycles. The number of ether oxygens (including phenoxy) is 1. The van der Waals surface area contributed by atoms with Gasteiger partial charge >= 0.3 is 0 Å². The van der Waals surface area contributed by atoms with E-state index in [1.165, 1.54) is 6.42 Å². The van der Waals surface area contributed by atoms with Gasteiger partial charge in [0, 0.05) is 0 Å². The Morgan fingerprint density at radius 1 is 1.38 bits per heavy atom. The summed E-state index contributed by atoms with van der Waals surface area (Å²) in [4.78, 5) is 12.3. The van der Waals surface area contributed by atoms with Gasteiger partial charge in [-0.15, -0.1) is 0 Å². The van der Waals surface area contributed by atoms with Crippen LogP contribution in [0.5, 0.6) is 5.75 Å². The van der Waals surface area contributed by atoms with Crippen LogP contribution in [0.2, 0.25) is 0 Å². The average Bonchev–Trinajstić information content (AvgIpc) is 2.48. The number of aryl methyl sites for hydroxylation is 1. The maximum absolute atomic E-state index is 12.3. The Kier molecular flexibility index (Phi) is 5.23. The molecule has 0 aromatic heterocycles. The standard InChI is InChI=1S/C17H25NO3/c1-13-7-6-8-15(11-13)21-14(2)16(20)18-17(12-19)9-4-3-5-10-17/h6-8,11,14,19H,3-5,9-10,12H2,1-2H3,(H,18,20). The summed E-state index contributed by atoms with van der Waals surface area (Å²) in [6, 6.07) is 7.65. The summed E-state index contributed by atoms with van der Waals surface area (Å²) in [7, 11) is 0. The smallest absolute Gasteiger partial charge is 0.261 e. The van der Waals surface area contributed by atoms with Gasteiger partial charge in [0.25, 0.3) is 5.91 Å². The highest BCUT2D eigenvalue weighted by Crippen LogP contribution is 2.28. The molecule has 1 aliphatic carbocycles. The summed E-state index contributed by atoms with van der Waals surface area (Å²) in [6.45, 7) is 3.72. The molecule has 0 saturated heterocycles. The molecule has 4 nitrogen and oxygen atoms in total. The van der Waals surface area contributed by atoms with Crippen molar-refractivity contribution in [3.63, 3.8) is 0 Å². The highest BCUT2D eigenvalue weighted by atomic mass is 16.5. The van der Waals surface area contributed by atoms with Gasteiger partial charge in [-0.3, -0.25) is 4.79 Å². The third kappa shape index (κ3) is 4.21. The van der Waals surface area contributed by atoms with Gasteiger partial charge in [-0.25, -0.2) is 0 Å². The van der Waals surface area contributed by atoms with Crippen molar-refractivity contribution in [3.8, 4) is 5.75 Å². The Morgan fingerprint density at radius 2 is 2.10 bits per heavy atom. The molecule has 1 amide bonds. The van der Waals surface area contributed by atoms with E-state index >= 15 is 0 Å². The van der Waals surface area contributed by atoms with Crippen LogP contribution in [0.1, 0.15) is 44.6 Å². The van der Waals surface area contributed by atoms with E-state index in [0.717, 1.165) is 31.2 Å². The molecule has 0 heterocycles. The molecule has 116 valence electrons. The predicted molar refractivity (Wildman–Crippen MR) is 82.3 cm³/mol. The first-order valence-corrected chi connectivity index (χ1v) is 7.71. The third-order valence-corrected chi connectivity index (χ3v) is 4.17. The summed E-state index contributed by atoms with van der Waals surface area (Å²) >= 11 is 0. The van der Waals surface area contributed by atoms with Crippen LogP contribution in [0, 0.1) is 6.92 Å². The number of carbonyl (C=O) groups excluding carboxylic acids is 1.